The van der Waals surface area contributed by atoms with E-state index in [1.165, 1.54) is 12.1 Å². The molecule has 0 saturated heterocycles. The highest BCUT2D eigenvalue weighted by Crippen LogP contribution is 2.40. The van der Waals surface area contributed by atoms with Crippen LogP contribution in [0.5, 0.6) is 5.75 Å². The molecule has 132 valence electrons. The molecule has 0 atom stereocenters. The number of halogens is 1. The number of benzene rings is 3. The van der Waals surface area contributed by atoms with Crippen LogP contribution >= 0.6 is 15.9 Å². The minimum absolute atomic E-state index is 0.0392. The Balaban J connectivity index is 2.10. The summed E-state index contributed by atoms with van der Waals surface area (Å²) in [5.41, 5.74) is 3.20. The lowest BCUT2D eigenvalue weighted by molar-refractivity contribution is 0.477. The molecule has 4 aromatic rings. The van der Waals surface area contributed by atoms with Gasteiger partial charge in [-0.3, -0.25) is 4.79 Å². The average Bonchev–Trinajstić information content (AvgIpc) is 2.66. The van der Waals surface area contributed by atoms with Crippen molar-refractivity contribution >= 4 is 54.6 Å². The number of rotatable bonds is 3. The molecule has 0 spiro atoms. The maximum absolute atomic E-state index is 11.8. The van der Waals surface area contributed by atoms with E-state index < -0.39 is 0 Å². The third-order valence-electron chi connectivity index (χ3n) is 4.64. The molecular weight excluding hydrogens is 396 g/mol. The number of hydrogen-bond donors (Lipinski definition) is 1. The molecule has 1 aromatic heterocycles. The molecule has 5 nitrogen and oxygen atoms in total. The van der Waals surface area contributed by atoms with Gasteiger partial charge in [-0.1, -0.05) is 0 Å². The SMILES string of the molecule is CCN(CC)c1ccc2nc3c(oc2c1)c(Br)c(O)c1ccc(=O)cc13. The Kier molecular flexibility index (Phi) is 4.07. The van der Waals surface area contributed by atoms with Crippen LogP contribution in [-0.2, 0) is 0 Å². The molecule has 0 saturated carbocycles. The van der Waals surface area contributed by atoms with Crippen LogP contribution in [0.25, 0.3) is 33.0 Å². The Morgan fingerprint density at radius 2 is 1.88 bits per heavy atom. The van der Waals surface area contributed by atoms with E-state index in [1.54, 1.807) is 6.07 Å². The van der Waals surface area contributed by atoms with Crippen molar-refractivity contribution in [1.82, 2.24) is 4.98 Å². The number of phenols is 1. The summed E-state index contributed by atoms with van der Waals surface area (Å²) in [6, 6.07) is 10.4. The van der Waals surface area contributed by atoms with Gasteiger partial charge in [-0.05, 0) is 60.1 Å². The number of anilines is 1. The zero-order valence-electron chi connectivity index (χ0n) is 14.4. The molecule has 6 heteroatoms. The standard InChI is InChI=1S/C20H17BrN2O3/c1-3-23(4-2)11-5-8-15-16(9-11)26-20-17(21)19(25)13-7-6-12(24)10-14(13)18(20)22-15/h5-10,25H,3-4H2,1-2H3. The van der Waals surface area contributed by atoms with Gasteiger partial charge in [-0.2, -0.15) is 0 Å². The maximum atomic E-state index is 11.8. The Hall–Kier alpha value is -2.60. The van der Waals surface area contributed by atoms with E-state index in [-0.39, 0.29) is 11.2 Å². The number of aromatic nitrogens is 1. The monoisotopic (exact) mass is 412 g/mol. The normalized spacial score (nSPS) is 11.5. The fraction of sp³-hybridized carbons (Fsp3) is 0.200. The molecule has 0 radical (unpaired) electrons. The van der Waals surface area contributed by atoms with Gasteiger partial charge in [0.1, 0.15) is 21.3 Å². The van der Waals surface area contributed by atoms with Crippen LogP contribution < -0.4 is 10.3 Å². The number of fused-ring (bicyclic) bond motifs is 4. The van der Waals surface area contributed by atoms with Gasteiger partial charge in [0.15, 0.2) is 16.6 Å². The molecule has 0 bridgehead atoms. The minimum Gasteiger partial charge on any atom is -0.506 e. The summed E-state index contributed by atoms with van der Waals surface area (Å²) in [4.78, 5) is 18.7. The lowest BCUT2D eigenvalue weighted by Gasteiger charge is -2.21. The third kappa shape index (κ3) is 2.52. The summed E-state index contributed by atoms with van der Waals surface area (Å²) >= 11 is 3.41. The summed E-state index contributed by atoms with van der Waals surface area (Å²) in [5.74, 6) is 0.0392. The van der Waals surface area contributed by atoms with Gasteiger partial charge in [0.2, 0.25) is 0 Å². The predicted octanol–water partition coefficient (Wildman–Crippen LogP) is 4.81. The second-order valence-electron chi connectivity index (χ2n) is 6.09. The highest BCUT2D eigenvalue weighted by Gasteiger charge is 2.17. The molecule has 0 fully saturated rings. The van der Waals surface area contributed by atoms with E-state index in [4.69, 9.17) is 9.40 Å². The largest absolute Gasteiger partial charge is 0.506 e. The maximum Gasteiger partial charge on any atom is 0.179 e. The lowest BCUT2D eigenvalue weighted by Crippen LogP contribution is -2.21. The van der Waals surface area contributed by atoms with Crippen molar-refractivity contribution in [3.8, 4) is 5.75 Å². The van der Waals surface area contributed by atoms with Crippen LogP contribution in [0, 0.1) is 0 Å². The molecule has 26 heavy (non-hydrogen) atoms. The first kappa shape index (κ1) is 16.8. The smallest absolute Gasteiger partial charge is 0.179 e. The molecule has 0 aliphatic carbocycles. The van der Waals surface area contributed by atoms with Crippen LogP contribution in [0.2, 0.25) is 0 Å². The van der Waals surface area contributed by atoms with E-state index >= 15 is 0 Å². The molecule has 0 aliphatic rings. The third-order valence-corrected chi connectivity index (χ3v) is 5.38. The molecule has 1 N–H and O–H groups in total. The Morgan fingerprint density at radius 3 is 2.62 bits per heavy atom. The highest BCUT2D eigenvalue weighted by atomic mass is 79.9. The van der Waals surface area contributed by atoms with Crippen molar-refractivity contribution in [1.29, 1.82) is 0 Å². The fourth-order valence-electron chi connectivity index (χ4n) is 3.27. The van der Waals surface area contributed by atoms with Crippen LogP contribution in [0.1, 0.15) is 13.8 Å². The highest BCUT2D eigenvalue weighted by molar-refractivity contribution is 9.10. The molecule has 4 rings (SSSR count). The summed E-state index contributed by atoms with van der Waals surface area (Å²) < 4.78 is 6.52. The molecule has 0 amide bonds. The zero-order valence-corrected chi connectivity index (χ0v) is 16.0. The molecule has 1 heterocycles. The van der Waals surface area contributed by atoms with Gasteiger partial charge in [0, 0.05) is 35.6 Å². The topological polar surface area (TPSA) is 66.6 Å². The molecular formula is C20H17BrN2O3. The first-order valence-corrected chi connectivity index (χ1v) is 9.26. The predicted molar refractivity (Wildman–Crippen MR) is 108 cm³/mol. The van der Waals surface area contributed by atoms with Crippen molar-refractivity contribution in [3.05, 3.63) is 51.1 Å². The van der Waals surface area contributed by atoms with Gasteiger partial charge in [-0.25, -0.2) is 4.98 Å². The number of aromatic hydroxyl groups is 1. The second-order valence-corrected chi connectivity index (χ2v) is 6.88. The lowest BCUT2D eigenvalue weighted by atomic mass is 10.1. The first-order valence-electron chi connectivity index (χ1n) is 8.47. The van der Waals surface area contributed by atoms with E-state index in [0.717, 1.165) is 18.8 Å². The summed E-state index contributed by atoms with van der Waals surface area (Å²) in [6.45, 7) is 5.99. The van der Waals surface area contributed by atoms with Crippen LogP contribution in [-0.4, -0.2) is 23.2 Å². The zero-order chi connectivity index (χ0) is 18.4. The van der Waals surface area contributed by atoms with Crippen molar-refractivity contribution < 1.29 is 9.52 Å². The number of nitrogens with zero attached hydrogens (tertiary/aromatic N) is 2. The first-order chi connectivity index (χ1) is 12.5. The molecule has 0 aliphatic heterocycles. The second kappa shape index (κ2) is 6.29. The average molecular weight is 413 g/mol. The molecule has 0 unspecified atom stereocenters. The Bertz CT molecular complexity index is 1210. The quantitative estimate of drug-likeness (QED) is 0.386. The summed E-state index contributed by atoms with van der Waals surface area (Å²) in [5, 5.41) is 11.6. The van der Waals surface area contributed by atoms with Crippen molar-refractivity contribution in [3.63, 3.8) is 0 Å². The minimum atomic E-state index is -0.140. The number of hydrogen-bond acceptors (Lipinski definition) is 5. The number of phenolic OH excluding ortho intramolecular Hbond substituents is 1. The van der Waals surface area contributed by atoms with Gasteiger partial charge in [0.05, 0.1) is 0 Å². The van der Waals surface area contributed by atoms with Crippen LogP contribution in [0.4, 0.5) is 5.69 Å². The van der Waals surface area contributed by atoms with Crippen molar-refractivity contribution in [2.75, 3.05) is 18.0 Å². The van der Waals surface area contributed by atoms with Gasteiger partial charge in [-0.15, -0.1) is 0 Å². The van der Waals surface area contributed by atoms with Crippen LogP contribution in [0.15, 0.2) is 50.1 Å². The fourth-order valence-corrected chi connectivity index (χ4v) is 3.76. The van der Waals surface area contributed by atoms with E-state index in [2.05, 4.69) is 34.7 Å². The van der Waals surface area contributed by atoms with Crippen LogP contribution in [0.3, 0.4) is 0 Å². The Labute approximate surface area is 158 Å². The summed E-state index contributed by atoms with van der Waals surface area (Å²) in [7, 11) is 0. The van der Waals surface area contributed by atoms with Crippen molar-refractivity contribution in [2.24, 2.45) is 0 Å². The van der Waals surface area contributed by atoms with Gasteiger partial charge in [0.25, 0.3) is 0 Å². The van der Waals surface area contributed by atoms with E-state index in [9.17, 15) is 9.90 Å². The molecule has 3 aromatic carbocycles. The van der Waals surface area contributed by atoms with E-state index in [0.29, 0.717) is 37.4 Å². The van der Waals surface area contributed by atoms with E-state index in [1.807, 2.05) is 18.2 Å². The van der Waals surface area contributed by atoms with Gasteiger partial charge >= 0.3 is 0 Å². The van der Waals surface area contributed by atoms with Crippen molar-refractivity contribution in [2.45, 2.75) is 13.8 Å². The Morgan fingerprint density at radius 1 is 1.12 bits per heavy atom. The van der Waals surface area contributed by atoms with Gasteiger partial charge < -0.3 is 14.4 Å². The summed E-state index contributed by atoms with van der Waals surface area (Å²) in [6.07, 6.45) is 0.